The molecule has 4 nitrogen and oxygen atoms in total. The Morgan fingerprint density at radius 1 is 1.43 bits per heavy atom. The second-order valence-electron chi connectivity index (χ2n) is 5.13. The van der Waals surface area contributed by atoms with Gasteiger partial charge in [-0.1, -0.05) is 18.2 Å². The van der Waals surface area contributed by atoms with Crippen LogP contribution in [0, 0.1) is 0 Å². The molecule has 5 heteroatoms. The number of hydrogen-bond donors (Lipinski definition) is 1. The third-order valence-electron chi connectivity index (χ3n) is 3.27. The molecule has 0 saturated carbocycles. The Kier molecular flexibility index (Phi) is 5.44. The highest BCUT2D eigenvalue weighted by Gasteiger charge is 2.22. The van der Waals surface area contributed by atoms with Crippen molar-refractivity contribution in [1.82, 2.24) is 0 Å². The van der Waals surface area contributed by atoms with Gasteiger partial charge in [0.05, 0.1) is 5.04 Å². The van der Waals surface area contributed by atoms with Gasteiger partial charge in [0.15, 0.2) is 6.04 Å². The summed E-state index contributed by atoms with van der Waals surface area (Å²) in [5.41, 5.74) is 2.50. The first-order valence-electron chi connectivity index (χ1n) is 6.92. The molecule has 0 saturated heterocycles. The van der Waals surface area contributed by atoms with Gasteiger partial charge in [-0.15, -0.1) is 11.8 Å². The lowest BCUT2D eigenvalue weighted by Gasteiger charge is -2.12. The van der Waals surface area contributed by atoms with Crippen molar-refractivity contribution in [2.75, 3.05) is 24.7 Å². The molecule has 1 heterocycles. The van der Waals surface area contributed by atoms with E-state index >= 15 is 0 Å². The van der Waals surface area contributed by atoms with Gasteiger partial charge in [0, 0.05) is 25.5 Å². The van der Waals surface area contributed by atoms with E-state index in [1.165, 1.54) is 23.0 Å². The van der Waals surface area contributed by atoms with E-state index in [1.54, 1.807) is 0 Å². The molecule has 0 unspecified atom stereocenters. The Balaban J connectivity index is 1.80. The van der Waals surface area contributed by atoms with Crippen molar-refractivity contribution in [2.45, 2.75) is 18.9 Å². The Bertz CT molecular complexity index is 550. The van der Waals surface area contributed by atoms with Gasteiger partial charge in [-0.2, -0.15) is 0 Å². The highest BCUT2D eigenvalue weighted by molar-refractivity contribution is 8.14. The number of aliphatic imine (C=N–C) groups is 1. The van der Waals surface area contributed by atoms with Crippen molar-refractivity contribution in [3.8, 4) is 0 Å². The van der Waals surface area contributed by atoms with Gasteiger partial charge < -0.3 is 10.0 Å². The van der Waals surface area contributed by atoms with Gasteiger partial charge in [0.2, 0.25) is 0 Å². The van der Waals surface area contributed by atoms with Crippen LogP contribution in [-0.2, 0) is 11.2 Å². The van der Waals surface area contributed by atoms with E-state index in [-0.39, 0.29) is 0 Å². The van der Waals surface area contributed by atoms with E-state index in [9.17, 15) is 4.79 Å². The van der Waals surface area contributed by atoms with Crippen LogP contribution in [0.1, 0.15) is 12.0 Å². The number of carboxylic acids is 1. The number of aryl methyl sites for hydroxylation is 1. The number of carbonyl (C=O) groups is 1. The minimum atomic E-state index is -0.841. The number of allylic oxidation sites excluding steroid dienone is 1. The van der Waals surface area contributed by atoms with Gasteiger partial charge >= 0.3 is 5.97 Å². The molecule has 1 aromatic carbocycles. The number of anilines is 1. The van der Waals surface area contributed by atoms with Crippen molar-refractivity contribution >= 4 is 28.5 Å². The maximum atomic E-state index is 10.8. The number of thioether (sulfide) groups is 1. The molecule has 112 valence electrons. The van der Waals surface area contributed by atoms with Crippen molar-refractivity contribution < 1.29 is 9.90 Å². The van der Waals surface area contributed by atoms with Gasteiger partial charge in [-0.05, 0) is 36.6 Å². The predicted octanol–water partition coefficient (Wildman–Crippen LogP) is 2.84. The molecule has 1 aliphatic heterocycles. The van der Waals surface area contributed by atoms with Crippen LogP contribution < -0.4 is 4.90 Å². The summed E-state index contributed by atoms with van der Waals surface area (Å²) in [7, 11) is 4.06. The fourth-order valence-corrected chi connectivity index (χ4v) is 2.94. The molecule has 0 fully saturated rings. The molecular weight excluding hydrogens is 284 g/mol. The largest absolute Gasteiger partial charge is 0.480 e. The summed E-state index contributed by atoms with van der Waals surface area (Å²) < 4.78 is 0. The molecule has 2 rings (SSSR count). The molecule has 1 N–H and O–H groups in total. The molecule has 0 spiro atoms. The van der Waals surface area contributed by atoms with Crippen LogP contribution in [0.15, 0.2) is 41.4 Å². The maximum Gasteiger partial charge on any atom is 0.329 e. The highest BCUT2D eigenvalue weighted by atomic mass is 32.2. The van der Waals surface area contributed by atoms with Gasteiger partial charge in [-0.25, -0.2) is 4.79 Å². The average molecular weight is 304 g/mol. The van der Waals surface area contributed by atoms with Crippen LogP contribution in [0.4, 0.5) is 5.69 Å². The van der Waals surface area contributed by atoms with E-state index < -0.39 is 12.0 Å². The monoisotopic (exact) mass is 304 g/mol. The van der Waals surface area contributed by atoms with Gasteiger partial charge in [0.1, 0.15) is 0 Å². The molecule has 0 bridgehead atoms. The average Bonchev–Trinajstić information content (AvgIpc) is 2.93. The molecule has 0 radical (unpaired) electrons. The van der Waals surface area contributed by atoms with Gasteiger partial charge in [0.25, 0.3) is 0 Å². The lowest BCUT2D eigenvalue weighted by molar-refractivity contribution is -0.137. The molecule has 0 aromatic heterocycles. The molecular formula is C16H20N2O2S. The smallest absolute Gasteiger partial charge is 0.329 e. The number of nitrogens with zero attached hydrogens (tertiary/aromatic N) is 2. The van der Waals surface area contributed by atoms with Crippen molar-refractivity contribution in [2.24, 2.45) is 4.99 Å². The van der Waals surface area contributed by atoms with Crippen molar-refractivity contribution in [3.63, 3.8) is 0 Å². The van der Waals surface area contributed by atoms with Crippen LogP contribution >= 0.6 is 11.8 Å². The molecule has 0 aliphatic carbocycles. The van der Waals surface area contributed by atoms with E-state index in [2.05, 4.69) is 40.2 Å². The Morgan fingerprint density at radius 3 is 2.71 bits per heavy atom. The van der Waals surface area contributed by atoms with E-state index in [0.29, 0.717) is 5.75 Å². The minimum Gasteiger partial charge on any atom is -0.480 e. The second kappa shape index (κ2) is 7.31. The summed E-state index contributed by atoms with van der Waals surface area (Å²) in [5.74, 6) is -0.298. The summed E-state index contributed by atoms with van der Waals surface area (Å²) in [6, 6.07) is 7.95. The van der Waals surface area contributed by atoms with Gasteiger partial charge in [-0.3, -0.25) is 4.99 Å². The number of carboxylic acid groups (broad SMARTS) is 1. The second-order valence-corrected chi connectivity index (χ2v) is 6.17. The summed E-state index contributed by atoms with van der Waals surface area (Å²) in [5, 5.41) is 9.69. The van der Waals surface area contributed by atoms with Crippen molar-refractivity contribution in [3.05, 3.63) is 42.0 Å². The maximum absolute atomic E-state index is 10.8. The molecule has 1 aromatic rings. The molecule has 0 amide bonds. The van der Waals surface area contributed by atoms with E-state index in [0.717, 1.165) is 17.9 Å². The summed E-state index contributed by atoms with van der Waals surface area (Å²) in [4.78, 5) is 17.0. The van der Waals surface area contributed by atoms with E-state index in [4.69, 9.17) is 5.11 Å². The standard InChI is InChI=1S/C16H20N2O2S/c1-18(2)13-9-7-12(8-10-13)5-3-4-6-15-17-14(11-21-15)16(19)20/h4,6-10,14H,3,5,11H2,1-2H3,(H,19,20)/b6-4+/t14-/m1/s1. The van der Waals surface area contributed by atoms with Crippen LogP contribution in [0.25, 0.3) is 0 Å². The zero-order valence-electron chi connectivity index (χ0n) is 12.3. The third-order valence-corrected chi connectivity index (χ3v) is 4.29. The summed E-state index contributed by atoms with van der Waals surface area (Å²) >= 11 is 1.51. The van der Waals surface area contributed by atoms with Crippen LogP contribution in [0.5, 0.6) is 0 Å². The lowest BCUT2D eigenvalue weighted by atomic mass is 10.1. The summed E-state index contributed by atoms with van der Waals surface area (Å²) in [6.07, 6.45) is 5.90. The number of aliphatic carboxylic acids is 1. The third kappa shape index (κ3) is 4.63. The lowest BCUT2D eigenvalue weighted by Crippen LogP contribution is -2.16. The van der Waals surface area contributed by atoms with Crippen LogP contribution in [-0.4, -0.2) is 42.0 Å². The first-order chi connectivity index (χ1) is 10.1. The van der Waals surface area contributed by atoms with Crippen molar-refractivity contribution in [1.29, 1.82) is 0 Å². The first kappa shape index (κ1) is 15.6. The minimum absolute atomic E-state index is 0.543. The normalized spacial score (nSPS) is 18.0. The Hall–Kier alpha value is -1.75. The number of hydrogen-bond acceptors (Lipinski definition) is 4. The molecule has 21 heavy (non-hydrogen) atoms. The Labute approximate surface area is 129 Å². The fourth-order valence-electron chi connectivity index (χ4n) is 2.01. The number of benzene rings is 1. The number of rotatable bonds is 6. The van der Waals surface area contributed by atoms with E-state index in [1.807, 2.05) is 20.2 Å². The van der Waals surface area contributed by atoms with Crippen LogP contribution in [0.3, 0.4) is 0 Å². The topological polar surface area (TPSA) is 52.9 Å². The molecule has 1 atom stereocenters. The SMILES string of the molecule is CN(C)c1ccc(CC/C=C/C2=N[C@@H](C(=O)O)CS2)cc1. The fraction of sp³-hybridized carbons (Fsp3) is 0.375. The highest BCUT2D eigenvalue weighted by Crippen LogP contribution is 2.19. The molecule has 1 aliphatic rings. The predicted molar refractivity (Wildman–Crippen MR) is 89.5 cm³/mol. The van der Waals surface area contributed by atoms with Crippen LogP contribution in [0.2, 0.25) is 0 Å². The zero-order chi connectivity index (χ0) is 15.2. The first-order valence-corrected chi connectivity index (χ1v) is 7.91. The zero-order valence-corrected chi connectivity index (χ0v) is 13.1. The summed E-state index contributed by atoms with van der Waals surface area (Å²) in [6.45, 7) is 0. The quantitative estimate of drug-likeness (QED) is 0.878. The Morgan fingerprint density at radius 2 is 2.14 bits per heavy atom.